The van der Waals surface area contributed by atoms with Gasteiger partial charge in [0.1, 0.15) is 0 Å². The van der Waals surface area contributed by atoms with E-state index in [2.05, 4.69) is 0 Å². The molecule has 0 saturated heterocycles. The molecule has 2 aromatic carbocycles. The van der Waals surface area contributed by atoms with E-state index in [1.807, 2.05) is 24.3 Å². The van der Waals surface area contributed by atoms with Crippen LogP contribution in [0.15, 0.2) is 36.4 Å². The fourth-order valence-corrected chi connectivity index (χ4v) is 3.76. The van der Waals surface area contributed by atoms with Gasteiger partial charge in [-0.05, 0) is 59.7 Å². The van der Waals surface area contributed by atoms with Crippen molar-refractivity contribution in [3.05, 3.63) is 47.5 Å². The lowest BCUT2D eigenvalue weighted by Crippen LogP contribution is -2.29. The third kappa shape index (κ3) is 2.88. The van der Waals surface area contributed by atoms with Gasteiger partial charge in [0.15, 0.2) is 0 Å². The number of carbonyl (C=O) groups excluding carboxylic acids is 2. The molecule has 2 aromatic rings. The predicted molar refractivity (Wildman–Crippen MR) is 90.0 cm³/mol. The van der Waals surface area contributed by atoms with Crippen LogP contribution in [0.25, 0.3) is 10.8 Å². The highest BCUT2D eigenvalue weighted by Gasteiger charge is 2.28. The summed E-state index contributed by atoms with van der Waals surface area (Å²) in [6.45, 7) is 0.799. The van der Waals surface area contributed by atoms with Crippen molar-refractivity contribution >= 4 is 22.7 Å². The van der Waals surface area contributed by atoms with Crippen LogP contribution in [0.4, 0.5) is 0 Å². The van der Waals surface area contributed by atoms with Gasteiger partial charge in [0, 0.05) is 0 Å². The third-order valence-corrected chi connectivity index (χ3v) is 5.24. The van der Waals surface area contributed by atoms with Gasteiger partial charge in [-0.25, -0.2) is 9.59 Å². The second-order valence-electron chi connectivity index (χ2n) is 6.78. The molecule has 2 unspecified atom stereocenters. The average Bonchev–Trinajstić information content (AvgIpc) is 2.63. The summed E-state index contributed by atoms with van der Waals surface area (Å²) in [7, 11) is 0. The molecule has 0 radical (unpaired) electrons. The molecular formula is C20H20O4. The summed E-state index contributed by atoms with van der Waals surface area (Å²) in [4.78, 5) is 24.7. The largest absolute Gasteiger partial charge is 0.462 e. The van der Waals surface area contributed by atoms with Crippen LogP contribution < -0.4 is 0 Å². The van der Waals surface area contributed by atoms with E-state index in [0.717, 1.165) is 36.5 Å². The number of benzene rings is 2. The molecule has 3 aliphatic rings. The summed E-state index contributed by atoms with van der Waals surface area (Å²) >= 11 is 0. The normalized spacial score (nSPS) is 24.5. The van der Waals surface area contributed by atoms with Crippen LogP contribution in [0.5, 0.6) is 0 Å². The molecule has 4 heteroatoms. The molecule has 0 aromatic heterocycles. The number of fused-ring (bicyclic) bond motifs is 6. The summed E-state index contributed by atoms with van der Waals surface area (Å²) in [6, 6.07) is 10.8. The van der Waals surface area contributed by atoms with Crippen molar-refractivity contribution in [3.8, 4) is 0 Å². The zero-order chi connectivity index (χ0) is 16.5. The Bertz CT molecular complexity index is 728. The van der Waals surface area contributed by atoms with E-state index in [4.69, 9.17) is 9.47 Å². The van der Waals surface area contributed by atoms with Crippen LogP contribution in [0, 0.1) is 11.8 Å². The standard InChI is InChI=1S/C20H20O4/c21-19-15-7-5-14-10-16(8-6-13(14)9-15)20(22)24-12-18-4-2-1-3-17(18)11-23-19/h5-10,17-18H,1-4,11-12H2. The molecule has 124 valence electrons. The maximum Gasteiger partial charge on any atom is 0.338 e. The van der Waals surface area contributed by atoms with E-state index < -0.39 is 0 Å². The highest BCUT2D eigenvalue weighted by Crippen LogP contribution is 2.31. The Morgan fingerprint density at radius 2 is 1.17 bits per heavy atom. The number of rotatable bonds is 0. The number of hydrogen-bond donors (Lipinski definition) is 0. The Labute approximate surface area is 140 Å². The lowest BCUT2D eigenvalue weighted by Gasteiger charge is -2.30. The Hall–Kier alpha value is -2.36. The maximum absolute atomic E-state index is 12.4. The van der Waals surface area contributed by atoms with Crippen LogP contribution in [0.3, 0.4) is 0 Å². The summed E-state index contributed by atoms with van der Waals surface area (Å²) in [5.41, 5.74) is 1.12. The highest BCUT2D eigenvalue weighted by molar-refractivity contribution is 5.99. The van der Waals surface area contributed by atoms with Crippen molar-refractivity contribution in [3.63, 3.8) is 0 Å². The Kier molecular flexibility index (Phi) is 3.97. The second kappa shape index (κ2) is 6.27. The molecule has 5 rings (SSSR count). The summed E-state index contributed by atoms with van der Waals surface area (Å²) in [5, 5.41) is 1.82. The van der Waals surface area contributed by atoms with Crippen molar-refractivity contribution in [2.75, 3.05) is 13.2 Å². The summed E-state index contributed by atoms with van der Waals surface area (Å²) in [5.74, 6) is -0.0232. The molecule has 0 N–H and O–H groups in total. The van der Waals surface area contributed by atoms with Crippen molar-refractivity contribution in [2.24, 2.45) is 11.8 Å². The minimum Gasteiger partial charge on any atom is -0.462 e. The molecule has 1 aliphatic carbocycles. The molecule has 2 atom stereocenters. The van der Waals surface area contributed by atoms with Crippen LogP contribution in [0.1, 0.15) is 46.4 Å². The zero-order valence-electron chi connectivity index (χ0n) is 13.5. The van der Waals surface area contributed by atoms with E-state index in [1.54, 1.807) is 12.1 Å². The Morgan fingerprint density at radius 3 is 1.62 bits per heavy atom. The van der Waals surface area contributed by atoms with Crippen molar-refractivity contribution in [1.29, 1.82) is 0 Å². The number of ether oxygens (including phenoxy) is 2. The predicted octanol–water partition coefficient (Wildman–Crippen LogP) is 3.97. The van der Waals surface area contributed by atoms with E-state index in [0.29, 0.717) is 24.3 Å². The van der Waals surface area contributed by atoms with Gasteiger partial charge < -0.3 is 9.47 Å². The van der Waals surface area contributed by atoms with Gasteiger partial charge >= 0.3 is 11.9 Å². The van der Waals surface area contributed by atoms with Crippen LogP contribution in [-0.4, -0.2) is 25.2 Å². The molecule has 0 amide bonds. The molecule has 1 saturated carbocycles. The van der Waals surface area contributed by atoms with Gasteiger partial charge in [0.25, 0.3) is 0 Å². The van der Waals surface area contributed by atoms with E-state index in [9.17, 15) is 9.59 Å². The van der Waals surface area contributed by atoms with Crippen molar-refractivity contribution in [1.82, 2.24) is 0 Å². The van der Waals surface area contributed by atoms with Gasteiger partial charge in [-0.15, -0.1) is 0 Å². The molecular weight excluding hydrogens is 304 g/mol. The molecule has 4 bridgehead atoms. The molecule has 1 fully saturated rings. The smallest absolute Gasteiger partial charge is 0.338 e. The number of carbonyl (C=O) groups is 2. The quantitative estimate of drug-likeness (QED) is 0.688. The Balaban J connectivity index is 1.72. The summed E-state index contributed by atoms with van der Waals surface area (Å²) < 4.78 is 11.1. The van der Waals surface area contributed by atoms with E-state index in [1.165, 1.54) is 0 Å². The minimum absolute atomic E-state index is 0.267. The molecule has 0 spiro atoms. The first-order valence-electron chi connectivity index (χ1n) is 8.59. The lowest BCUT2D eigenvalue weighted by atomic mass is 9.80. The molecule has 2 heterocycles. The van der Waals surface area contributed by atoms with Gasteiger partial charge in [0.2, 0.25) is 0 Å². The first kappa shape index (κ1) is 15.2. The average molecular weight is 324 g/mol. The van der Waals surface area contributed by atoms with Crippen molar-refractivity contribution in [2.45, 2.75) is 25.7 Å². The van der Waals surface area contributed by atoms with Gasteiger partial charge in [0.05, 0.1) is 24.3 Å². The van der Waals surface area contributed by atoms with Crippen molar-refractivity contribution < 1.29 is 19.1 Å². The van der Waals surface area contributed by atoms with E-state index in [-0.39, 0.29) is 23.8 Å². The summed E-state index contributed by atoms with van der Waals surface area (Å²) in [6.07, 6.45) is 4.31. The fourth-order valence-electron chi connectivity index (χ4n) is 3.76. The van der Waals surface area contributed by atoms with Crippen LogP contribution in [0.2, 0.25) is 0 Å². The maximum atomic E-state index is 12.4. The van der Waals surface area contributed by atoms with Crippen LogP contribution >= 0.6 is 0 Å². The second-order valence-corrected chi connectivity index (χ2v) is 6.78. The SMILES string of the molecule is O=C1OCC2CCCCC2COC(=O)c2ccc3cc1ccc3c2. The van der Waals surface area contributed by atoms with Gasteiger partial charge in [-0.2, -0.15) is 0 Å². The zero-order valence-corrected chi connectivity index (χ0v) is 13.5. The topological polar surface area (TPSA) is 52.6 Å². The fraction of sp³-hybridized carbons (Fsp3) is 0.400. The highest BCUT2D eigenvalue weighted by atomic mass is 16.5. The van der Waals surface area contributed by atoms with Gasteiger partial charge in [-0.3, -0.25) is 0 Å². The monoisotopic (exact) mass is 324 g/mol. The molecule has 24 heavy (non-hydrogen) atoms. The van der Waals surface area contributed by atoms with Gasteiger partial charge in [-0.1, -0.05) is 25.0 Å². The number of hydrogen-bond acceptors (Lipinski definition) is 4. The Morgan fingerprint density at radius 1 is 0.708 bits per heavy atom. The lowest BCUT2D eigenvalue weighted by molar-refractivity contribution is 0.0139. The third-order valence-electron chi connectivity index (χ3n) is 5.24. The first-order chi connectivity index (χ1) is 11.7. The molecule has 2 aliphatic heterocycles. The number of esters is 2. The first-order valence-corrected chi connectivity index (χ1v) is 8.59. The van der Waals surface area contributed by atoms with Crippen LogP contribution in [-0.2, 0) is 9.47 Å². The van der Waals surface area contributed by atoms with E-state index >= 15 is 0 Å². The molecule has 4 nitrogen and oxygen atoms in total. The minimum atomic E-state index is -0.278.